The van der Waals surface area contributed by atoms with E-state index >= 15 is 0 Å². The molecule has 0 aromatic heterocycles. The van der Waals surface area contributed by atoms with E-state index in [9.17, 15) is 14.0 Å². The Labute approximate surface area is 155 Å². The molecule has 1 aromatic rings. The maximum atomic E-state index is 14.0. The van der Waals surface area contributed by atoms with Crippen molar-refractivity contribution in [3.63, 3.8) is 0 Å². The molecular formula is C20H29FN2O3. The Kier molecular flexibility index (Phi) is 7.42. The normalized spacial score (nSPS) is 15.1. The average Bonchev–Trinajstić information content (AvgIpc) is 2.90. The van der Waals surface area contributed by atoms with Crippen molar-refractivity contribution >= 4 is 11.8 Å². The summed E-state index contributed by atoms with van der Waals surface area (Å²) < 4.78 is 19.2. The molecular weight excluding hydrogens is 335 g/mol. The standard InChI is InChI=1S/C20H29FN2O3/c1-4-15(5-2)19(24)22-10-7-11-23(13-12-22)20(25)16-8-9-18(26-6-3)17(21)14-16/h8-9,14-15H,4-7,10-13H2,1-3H3. The van der Waals surface area contributed by atoms with Crippen LogP contribution < -0.4 is 4.74 Å². The fourth-order valence-electron chi connectivity index (χ4n) is 3.33. The summed E-state index contributed by atoms with van der Waals surface area (Å²) >= 11 is 0. The van der Waals surface area contributed by atoms with Crippen LogP contribution in [0.1, 0.15) is 50.4 Å². The van der Waals surface area contributed by atoms with Gasteiger partial charge in [-0.05, 0) is 44.4 Å². The number of amides is 2. The Morgan fingerprint density at radius 1 is 1.08 bits per heavy atom. The van der Waals surface area contributed by atoms with Gasteiger partial charge >= 0.3 is 0 Å². The van der Waals surface area contributed by atoms with Gasteiger partial charge in [0.15, 0.2) is 11.6 Å². The van der Waals surface area contributed by atoms with Gasteiger partial charge in [0.2, 0.25) is 5.91 Å². The van der Waals surface area contributed by atoms with E-state index in [0.717, 1.165) is 19.3 Å². The molecule has 0 N–H and O–H groups in total. The van der Waals surface area contributed by atoms with Gasteiger partial charge in [0.25, 0.3) is 5.91 Å². The van der Waals surface area contributed by atoms with Crippen LogP contribution in [0.4, 0.5) is 4.39 Å². The number of rotatable bonds is 6. The summed E-state index contributed by atoms with van der Waals surface area (Å²) in [7, 11) is 0. The van der Waals surface area contributed by atoms with Crippen LogP contribution in [0, 0.1) is 11.7 Å². The molecule has 2 rings (SSSR count). The van der Waals surface area contributed by atoms with E-state index in [1.165, 1.54) is 12.1 Å². The van der Waals surface area contributed by atoms with Gasteiger partial charge in [-0.3, -0.25) is 9.59 Å². The third kappa shape index (κ3) is 4.74. The molecule has 5 nitrogen and oxygen atoms in total. The molecule has 1 heterocycles. The van der Waals surface area contributed by atoms with Crippen LogP contribution in [0.5, 0.6) is 5.75 Å². The average molecular weight is 364 g/mol. The van der Waals surface area contributed by atoms with Crippen molar-refractivity contribution in [1.29, 1.82) is 0 Å². The Bertz CT molecular complexity index is 631. The smallest absolute Gasteiger partial charge is 0.254 e. The molecule has 1 aliphatic heterocycles. The topological polar surface area (TPSA) is 49.9 Å². The highest BCUT2D eigenvalue weighted by Crippen LogP contribution is 2.20. The molecule has 26 heavy (non-hydrogen) atoms. The van der Waals surface area contributed by atoms with Gasteiger partial charge < -0.3 is 14.5 Å². The van der Waals surface area contributed by atoms with Crippen LogP contribution in [0.25, 0.3) is 0 Å². The minimum Gasteiger partial charge on any atom is -0.491 e. The monoisotopic (exact) mass is 364 g/mol. The van der Waals surface area contributed by atoms with Crippen molar-refractivity contribution in [3.05, 3.63) is 29.6 Å². The zero-order valence-corrected chi connectivity index (χ0v) is 16.0. The maximum Gasteiger partial charge on any atom is 0.254 e. The molecule has 1 saturated heterocycles. The lowest BCUT2D eigenvalue weighted by Gasteiger charge is -2.25. The third-order valence-corrected chi connectivity index (χ3v) is 4.91. The molecule has 2 amide bonds. The van der Waals surface area contributed by atoms with Crippen molar-refractivity contribution in [3.8, 4) is 5.75 Å². The second-order valence-corrected chi connectivity index (χ2v) is 6.56. The van der Waals surface area contributed by atoms with E-state index in [1.54, 1.807) is 17.9 Å². The number of halogens is 1. The second-order valence-electron chi connectivity index (χ2n) is 6.56. The summed E-state index contributed by atoms with van der Waals surface area (Å²) in [6, 6.07) is 4.31. The van der Waals surface area contributed by atoms with Gasteiger partial charge in [-0.25, -0.2) is 4.39 Å². The number of nitrogens with zero attached hydrogens (tertiary/aromatic N) is 2. The highest BCUT2D eigenvalue weighted by atomic mass is 19.1. The van der Waals surface area contributed by atoms with Crippen LogP contribution in [0.2, 0.25) is 0 Å². The lowest BCUT2D eigenvalue weighted by atomic mass is 10.0. The predicted octanol–water partition coefficient (Wildman–Crippen LogP) is 3.34. The number of ether oxygens (including phenoxy) is 1. The summed E-state index contributed by atoms with van der Waals surface area (Å²) in [5.74, 6) is -0.349. The van der Waals surface area contributed by atoms with Crippen molar-refractivity contribution < 1.29 is 18.7 Å². The molecule has 6 heteroatoms. The summed E-state index contributed by atoms with van der Waals surface area (Å²) in [5, 5.41) is 0. The highest BCUT2D eigenvalue weighted by Gasteiger charge is 2.26. The number of hydrogen-bond acceptors (Lipinski definition) is 3. The van der Waals surface area contributed by atoms with Crippen LogP contribution in [0.3, 0.4) is 0 Å². The zero-order valence-electron chi connectivity index (χ0n) is 16.0. The van der Waals surface area contributed by atoms with Crippen molar-refractivity contribution in [1.82, 2.24) is 9.80 Å². The van der Waals surface area contributed by atoms with Crippen molar-refractivity contribution in [2.45, 2.75) is 40.0 Å². The Hall–Kier alpha value is -2.11. The quantitative estimate of drug-likeness (QED) is 0.778. The fourth-order valence-corrected chi connectivity index (χ4v) is 3.33. The van der Waals surface area contributed by atoms with Gasteiger partial charge in [-0.2, -0.15) is 0 Å². The van der Waals surface area contributed by atoms with Gasteiger partial charge in [-0.15, -0.1) is 0 Å². The molecule has 1 aromatic carbocycles. The molecule has 0 aliphatic carbocycles. The van der Waals surface area contributed by atoms with E-state index in [-0.39, 0.29) is 23.5 Å². The van der Waals surface area contributed by atoms with Crippen LogP contribution >= 0.6 is 0 Å². The van der Waals surface area contributed by atoms with Gasteiger partial charge in [0, 0.05) is 37.7 Å². The lowest BCUT2D eigenvalue weighted by molar-refractivity contribution is -0.135. The summed E-state index contributed by atoms with van der Waals surface area (Å²) in [6.45, 7) is 8.44. The summed E-state index contributed by atoms with van der Waals surface area (Å²) in [5.41, 5.74) is 0.311. The largest absolute Gasteiger partial charge is 0.491 e. The van der Waals surface area contributed by atoms with E-state index in [0.29, 0.717) is 38.3 Å². The van der Waals surface area contributed by atoms with Crippen LogP contribution in [0.15, 0.2) is 18.2 Å². The predicted molar refractivity (Wildman–Crippen MR) is 98.7 cm³/mol. The first-order chi connectivity index (χ1) is 12.5. The molecule has 0 radical (unpaired) electrons. The maximum absolute atomic E-state index is 14.0. The number of benzene rings is 1. The zero-order chi connectivity index (χ0) is 19.1. The number of hydrogen-bond donors (Lipinski definition) is 0. The Morgan fingerprint density at radius 2 is 1.73 bits per heavy atom. The molecule has 0 saturated carbocycles. The van der Waals surface area contributed by atoms with Crippen LogP contribution in [-0.4, -0.2) is 54.4 Å². The van der Waals surface area contributed by atoms with E-state index in [4.69, 9.17) is 4.74 Å². The minimum atomic E-state index is -0.530. The first-order valence-electron chi connectivity index (χ1n) is 9.52. The van der Waals surface area contributed by atoms with E-state index in [1.807, 2.05) is 18.7 Å². The molecule has 0 atom stereocenters. The van der Waals surface area contributed by atoms with E-state index < -0.39 is 5.82 Å². The summed E-state index contributed by atoms with van der Waals surface area (Å²) in [6.07, 6.45) is 2.40. The van der Waals surface area contributed by atoms with Crippen LogP contribution in [-0.2, 0) is 4.79 Å². The SMILES string of the molecule is CCOc1ccc(C(=O)N2CCCN(C(=O)C(CC)CC)CC2)cc1F. The van der Waals surface area contributed by atoms with Gasteiger partial charge in [-0.1, -0.05) is 13.8 Å². The van der Waals surface area contributed by atoms with Gasteiger partial charge in [0.05, 0.1) is 6.61 Å². The molecule has 1 aliphatic rings. The van der Waals surface area contributed by atoms with E-state index in [2.05, 4.69) is 0 Å². The Balaban J connectivity index is 2.03. The second kappa shape index (κ2) is 9.55. The van der Waals surface area contributed by atoms with Crippen molar-refractivity contribution in [2.24, 2.45) is 5.92 Å². The number of carbonyl (C=O) groups is 2. The number of carbonyl (C=O) groups excluding carboxylic acids is 2. The van der Waals surface area contributed by atoms with Gasteiger partial charge in [0.1, 0.15) is 0 Å². The first kappa shape index (κ1) is 20.2. The van der Waals surface area contributed by atoms with Crippen molar-refractivity contribution in [2.75, 3.05) is 32.8 Å². The molecule has 144 valence electrons. The highest BCUT2D eigenvalue weighted by molar-refractivity contribution is 5.94. The minimum absolute atomic E-state index is 0.0532. The Morgan fingerprint density at radius 3 is 2.35 bits per heavy atom. The molecule has 0 unspecified atom stereocenters. The molecule has 0 bridgehead atoms. The fraction of sp³-hybridized carbons (Fsp3) is 0.600. The third-order valence-electron chi connectivity index (χ3n) is 4.91. The molecule has 1 fully saturated rings. The lowest BCUT2D eigenvalue weighted by Crippen LogP contribution is -2.39. The summed E-state index contributed by atoms with van der Waals surface area (Å²) in [4.78, 5) is 28.8. The molecule has 0 spiro atoms. The first-order valence-corrected chi connectivity index (χ1v) is 9.52.